The fourth-order valence-electron chi connectivity index (χ4n) is 2.25. The molecule has 1 saturated heterocycles. The molecule has 0 aliphatic carbocycles. The monoisotopic (exact) mass is 391 g/mol. The molecule has 0 aromatic heterocycles. The third-order valence-electron chi connectivity index (χ3n) is 3.59. The van der Waals surface area contributed by atoms with Gasteiger partial charge in [0.25, 0.3) is 5.91 Å². The lowest BCUT2D eigenvalue weighted by atomic mass is 10.1. The largest absolute Gasteiger partial charge is 0.362 e. The highest BCUT2D eigenvalue weighted by molar-refractivity contribution is 7.87. The number of carbonyl (C=O) groups is 2. The first kappa shape index (κ1) is 19.3. The molecule has 1 fully saturated rings. The van der Waals surface area contributed by atoms with Crippen molar-refractivity contribution in [3.8, 4) is 0 Å². The van der Waals surface area contributed by atoms with E-state index in [1.807, 2.05) is 0 Å². The Morgan fingerprint density at radius 1 is 1.20 bits per heavy atom. The second-order valence-corrected chi connectivity index (χ2v) is 8.86. The summed E-state index contributed by atoms with van der Waals surface area (Å²) in [5, 5.41) is 0. The zero-order chi connectivity index (χ0) is 19.0. The number of carbonyl (C=O) groups excluding carboxylic acids is 2. The predicted molar refractivity (Wildman–Crippen MR) is 86.6 cm³/mol. The Hall–Kier alpha value is -2.02. The highest BCUT2D eigenvalue weighted by atomic mass is 32.2. The Bertz CT molecular complexity index is 881. The van der Waals surface area contributed by atoms with E-state index in [9.17, 15) is 26.4 Å². The molecular weight excluding hydrogens is 374 g/mol. The molecule has 2 amide bonds. The van der Waals surface area contributed by atoms with E-state index in [1.165, 1.54) is 14.1 Å². The Labute approximate surface area is 145 Å². The van der Waals surface area contributed by atoms with E-state index >= 15 is 0 Å². The van der Waals surface area contributed by atoms with E-state index in [0.29, 0.717) is 9.87 Å². The molecule has 1 aromatic carbocycles. The van der Waals surface area contributed by atoms with Gasteiger partial charge in [0, 0.05) is 14.1 Å². The highest BCUT2D eigenvalue weighted by Crippen LogP contribution is 2.24. The zero-order valence-electron chi connectivity index (χ0n) is 13.4. The lowest BCUT2D eigenvalue weighted by Gasteiger charge is -2.41. The molecule has 0 bridgehead atoms. The summed E-state index contributed by atoms with van der Waals surface area (Å²) < 4.78 is 57.1. The minimum atomic E-state index is -4.79. The average Bonchev–Trinajstić information content (AvgIpc) is 2.49. The molecule has 138 valence electrons. The van der Waals surface area contributed by atoms with Crippen molar-refractivity contribution >= 4 is 32.3 Å². The van der Waals surface area contributed by atoms with Crippen LogP contribution in [0, 0.1) is 0 Å². The Kier molecular flexibility index (Phi) is 5.18. The summed E-state index contributed by atoms with van der Waals surface area (Å²) in [4.78, 5) is 24.5. The van der Waals surface area contributed by atoms with Crippen molar-refractivity contribution < 1.29 is 31.0 Å². The molecule has 2 rings (SSSR count). The summed E-state index contributed by atoms with van der Waals surface area (Å²) in [5.74, 6) is -2.07. The third kappa shape index (κ3) is 3.81. The second-order valence-electron chi connectivity index (χ2n) is 5.51. The van der Waals surface area contributed by atoms with Crippen LogP contribution in [0.2, 0.25) is 0 Å². The first-order valence-electron chi connectivity index (χ1n) is 7.04. The van der Waals surface area contributed by atoms with Gasteiger partial charge < -0.3 is 0 Å². The van der Waals surface area contributed by atoms with Crippen molar-refractivity contribution in [1.82, 2.24) is 12.9 Å². The summed E-state index contributed by atoms with van der Waals surface area (Å²) in [6.07, 6.45) is -0.288. The molecule has 0 radical (unpaired) electrons. The van der Waals surface area contributed by atoms with Crippen LogP contribution in [-0.4, -0.2) is 72.8 Å². The van der Waals surface area contributed by atoms with Gasteiger partial charge in [-0.2, -0.15) is 21.1 Å². The van der Waals surface area contributed by atoms with Gasteiger partial charge in [-0.05, 0) is 5.56 Å². The lowest BCUT2D eigenvalue weighted by Crippen LogP contribution is -2.68. The molecule has 1 atom stereocenters. The molecule has 10 nitrogen and oxygen atoms in total. The smallest absolute Gasteiger partial charge is 0.273 e. The number of amides is 2. The molecule has 1 heterocycles. The number of hydrogen-bond acceptors (Lipinski definition) is 6. The first-order chi connectivity index (χ1) is 11.5. The van der Waals surface area contributed by atoms with E-state index in [4.69, 9.17) is 4.55 Å². The fourth-order valence-corrected chi connectivity index (χ4v) is 4.08. The molecule has 25 heavy (non-hydrogen) atoms. The average molecular weight is 391 g/mol. The molecule has 1 N–H and O–H groups in total. The summed E-state index contributed by atoms with van der Waals surface area (Å²) >= 11 is 0. The number of hydrogen-bond donors (Lipinski definition) is 1. The van der Waals surface area contributed by atoms with Crippen molar-refractivity contribution in [3.63, 3.8) is 0 Å². The lowest BCUT2D eigenvalue weighted by molar-refractivity contribution is -0.146. The Morgan fingerprint density at radius 2 is 1.76 bits per heavy atom. The molecule has 1 aromatic rings. The van der Waals surface area contributed by atoms with E-state index in [0.717, 1.165) is 4.31 Å². The van der Waals surface area contributed by atoms with Crippen LogP contribution in [0.3, 0.4) is 0 Å². The maximum absolute atomic E-state index is 12.5. The summed E-state index contributed by atoms with van der Waals surface area (Å²) in [6, 6.07) is 6.77. The molecule has 1 aliphatic rings. The third-order valence-corrected chi connectivity index (χ3v) is 6.35. The minimum Gasteiger partial charge on any atom is -0.273 e. The van der Waals surface area contributed by atoms with Crippen LogP contribution in [0.15, 0.2) is 30.3 Å². The van der Waals surface area contributed by atoms with E-state index in [1.54, 1.807) is 30.3 Å². The Morgan fingerprint density at radius 3 is 2.20 bits per heavy atom. The van der Waals surface area contributed by atoms with Gasteiger partial charge in [0.05, 0.1) is 13.0 Å². The van der Waals surface area contributed by atoms with E-state index in [2.05, 4.69) is 0 Å². The van der Waals surface area contributed by atoms with Crippen LogP contribution in [0.5, 0.6) is 0 Å². The summed E-state index contributed by atoms with van der Waals surface area (Å²) in [6.45, 7) is -0.634. The maximum atomic E-state index is 12.5. The predicted octanol–water partition coefficient (Wildman–Crippen LogP) is -1.12. The Balaban J connectivity index is 2.33. The normalized spacial score (nSPS) is 18.2. The molecule has 0 saturated carbocycles. The van der Waals surface area contributed by atoms with Gasteiger partial charge in [-0.1, -0.05) is 30.3 Å². The summed E-state index contributed by atoms with van der Waals surface area (Å²) in [7, 11) is -6.76. The number of nitrogens with zero attached hydrogens (tertiary/aromatic N) is 3. The van der Waals surface area contributed by atoms with Gasteiger partial charge in [-0.3, -0.25) is 14.1 Å². The van der Waals surface area contributed by atoms with Gasteiger partial charge in [0.15, 0.2) is 0 Å². The standard InChI is InChI=1S/C13H17N3O7S2/c1-14(2)24(19,20)16(11-9-15(13(11)18)25(21,22)23)12(17)8-10-6-4-3-5-7-10/h3-7,11H,8-9H2,1-2H3,(H,21,22,23). The van der Waals surface area contributed by atoms with Crippen molar-refractivity contribution in [2.24, 2.45) is 0 Å². The van der Waals surface area contributed by atoms with Crippen LogP contribution in [-0.2, 0) is 36.5 Å². The van der Waals surface area contributed by atoms with Crippen molar-refractivity contribution in [1.29, 1.82) is 0 Å². The molecule has 1 unspecified atom stereocenters. The van der Waals surface area contributed by atoms with Crippen LogP contribution >= 0.6 is 0 Å². The number of benzene rings is 1. The second kappa shape index (κ2) is 6.71. The quantitative estimate of drug-likeness (QED) is 0.480. The van der Waals surface area contributed by atoms with Gasteiger partial charge >= 0.3 is 20.5 Å². The fraction of sp³-hybridized carbons (Fsp3) is 0.385. The van der Waals surface area contributed by atoms with Gasteiger partial charge in [0.1, 0.15) is 6.04 Å². The maximum Gasteiger partial charge on any atom is 0.362 e. The van der Waals surface area contributed by atoms with Gasteiger partial charge in [0.2, 0.25) is 5.91 Å². The van der Waals surface area contributed by atoms with Gasteiger partial charge in [-0.15, -0.1) is 0 Å². The zero-order valence-corrected chi connectivity index (χ0v) is 15.1. The molecule has 12 heteroatoms. The van der Waals surface area contributed by atoms with Gasteiger partial charge in [-0.25, -0.2) is 8.61 Å². The van der Waals surface area contributed by atoms with Crippen LogP contribution in [0.4, 0.5) is 0 Å². The highest BCUT2D eigenvalue weighted by Gasteiger charge is 2.52. The molecule has 0 spiro atoms. The van der Waals surface area contributed by atoms with Crippen LogP contribution < -0.4 is 0 Å². The van der Waals surface area contributed by atoms with E-state index < -0.39 is 44.9 Å². The van der Waals surface area contributed by atoms with Crippen molar-refractivity contribution in [3.05, 3.63) is 35.9 Å². The SMILES string of the molecule is CN(C)S(=O)(=O)N(C(=O)Cc1ccccc1)C1CN(S(=O)(=O)O)C1=O. The van der Waals surface area contributed by atoms with E-state index in [-0.39, 0.29) is 10.7 Å². The van der Waals surface area contributed by atoms with Crippen molar-refractivity contribution in [2.45, 2.75) is 12.5 Å². The number of β-lactam (4-membered cyclic amide) rings is 1. The van der Waals surface area contributed by atoms with Crippen LogP contribution in [0.25, 0.3) is 0 Å². The molecular formula is C13H17N3O7S2. The topological polar surface area (TPSA) is 132 Å². The van der Waals surface area contributed by atoms with Crippen molar-refractivity contribution in [2.75, 3.05) is 20.6 Å². The minimum absolute atomic E-state index is 0.103. The molecule has 1 aliphatic heterocycles. The van der Waals surface area contributed by atoms with Crippen LogP contribution in [0.1, 0.15) is 5.56 Å². The first-order valence-corrected chi connectivity index (χ1v) is 9.83. The summed E-state index contributed by atoms with van der Waals surface area (Å²) in [5.41, 5.74) is 0.532. The number of rotatable bonds is 6.